The Bertz CT molecular complexity index is 683. The molecule has 0 radical (unpaired) electrons. The molecule has 0 unspecified atom stereocenters. The molecule has 0 atom stereocenters. The van der Waals surface area contributed by atoms with Gasteiger partial charge in [0.05, 0.1) is 10.7 Å². The van der Waals surface area contributed by atoms with Crippen molar-refractivity contribution in [1.82, 2.24) is 15.2 Å². The number of halogens is 1. The third-order valence-electron chi connectivity index (χ3n) is 2.72. The number of aromatic nitrogens is 3. The Balaban J connectivity index is 2.18. The average molecular weight is 308 g/mol. The summed E-state index contributed by atoms with van der Waals surface area (Å²) >= 11 is 5.97. The van der Waals surface area contributed by atoms with E-state index in [1.54, 1.807) is 0 Å². The largest absolute Gasteiger partial charge is 0.366 e. The van der Waals surface area contributed by atoms with E-state index in [2.05, 4.69) is 20.5 Å². The molecular formula is C13H14ClN5O2. The van der Waals surface area contributed by atoms with E-state index >= 15 is 0 Å². The molecule has 110 valence electrons. The lowest BCUT2D eigenvalue weighted by atomic mass is 10.2. The van der Waals surface area contributed by atoms with E-state index in [0.717, 1.165) is 6.42 Å². The van der Waals surface area contributed by atoms with E-state index in [4.69, 9.17) is 17.3 Å². The second-order valence-electron chi connectivity index (χ2n) is 4.37. The summed E-state index contributed by atoms with van der Waals surface area (Å²) in [6.45, 7) is 2.00. The quantitative estimate of drug-likeness (QED) is 0.780. The maximum Gasteiger partial charge on any atom is 0.295 e. The normalized spacial score (nSPS) is 10.4. The van der Waals surface area contributed by atoms with Gasteiger partial charge < -0.3 is 11.1 Å². The van der Waals surface area contributed by atoms with Crippen LogP contribution < -0.4 is 11.1 Å². The minimum Gasteiger partial charge on any atom is -0.366 e. The number of nitrogens with one attached hydrogen (secondary N) is 2. The van der Waals surface area contributed by atoms with Gasteiger partial charge >= 0.3 is 0 Å². The molecule has 1 aromatic heterocycles. The van der Waals surface area contributed by atoms with Gasteiger partial charge in [0.25, 0.3) is 5.91 Å². The minimum atomic E-state index is -0.606. The van der Waals surface area contributed by atoms with Crippen LogP contribution in [-0.2, 0) is 6.42 Å². The standard InChI is InChI=1S/C13H14ClN5O2/c1-2-3-10-17-12(19-18-10)13(21)16-9-6-7(11(15)20)4-5-8(9)14/h4-6H,2-3H2,1H3,(H2,15,20)(H,16,21)(H,17,18,19). The van der Waals surface area contributed by atoms with Crippen LogP contribution in [0.5, 0.6) is 0 Å². The molecule has 0 saturated heterocycles. The average Bonchev–Trinajstić information content (AvgIpc) is 2.90. The fraction of sp³-hybridized carbons (Fsp3) is 0.231. The smallest absolute Gasteiger partial charge is 0.295 e. The number of benzene rings is 1. The minimum absolute atomic E-state index is 0.0130. The summed E-state index contributed by atoms with van der Waals surface area (Å²) in [7, 11) is 0. The maximum atomic E-state index is 12.0. The fourth-order valence-corrected chi connectivity index (χ4v) is 1.86. The Morgan fingerprint density at radius 3 is 2.86 bits per heavy atom. The molecule has 2 amide bonds. The van der Waals surface area contributed by atoms with Gasteiger partial charge in [0, 0.05) is 12.0 Å². The highest BCUT2D eigenvalue weighted by Crippen LogP contribution is 2.23. The molecular weight excluding hydrogens is 294 g/mol. The van der Waals surface area contributed by atoms with Crippen LogP contribution in [0.1, 0.15) is 40.1 Å². The molecule has 2 aromatic rings. The lowest BCUT2D eigenvalue weighted by Gasteiger charge is -2.06. The molecule has 1 heterocycles. The van der Waals surface area contributed by atoms with E-state index in [-0.39, 0.29) is 22.1 Å². The number of H-pyrrole nitrogens is 1. The van der Waals surface area contributed by atoms with Crippen LogP contribution in [-0.4, -0.2) is 27.0 Å². The topological polar surface area (TPSA) is 114 Å². The number of primary amides is 1. The van der Waals surface area contributed by atoms with Gasteiger partial charge in [-0.25, -0.2) is 4.98 Å². The monoisotopic (exact) mass is 307 g/mol. The van der Waals surface area contributed by atoms with Gasteiger partial charge in [-0.05, 0) is 24.6 Å². The second kappa shape index (κ2) is 6.36. The second-order valence-corrected chi connectivity index (χ2v) is 4.78. The van der Waals surface area contributed by atoms with E-state index < -0.39 is 11.8 Å². The highest BCUT2D eigenvalue weighted by Gasteiger charge is 2.15. The molecule has 0 aliphatic carbocycles. The molecule has 0 fully saturated rings. The zero-order chi connectivity index (χ0) is 15.4. The van der Waals surface area contributed by atoms with Crippen molar-refractivity contribution in [2.75, 3.05) is 5.32 Å². The number of hydrogen-bond donors (Lipinski definition) is 3. The number of hydrogen-bond acceptors (Lipinski definition) is 4. The Kier molecular flexibility index (Phi) is 4.54. The van der Waals surface area contributed by atoms with Gasteiger partial charge in [-0.1, -0.05) is 18.5 Å². The lowest BCUT2D eigenvalue weighted by molar-refractivity contribution is 0.0994. The van der Waals surface area contributed by atoms with E-state index in [1.165, 1.54) is 18.2 Å². The van der Waals surface area contributed by atoms with Crippen LogP contribution in [0.15, 0.2) is 18.2 Å². The van der Waals surface area contributed by atoms with Crippen molar-refractivity contribution in [2.24, 2.45) is 5.73 Å². The molecule has 2 rings (SSSR count). The predicted octanol–water partition coefficient (Wildman–Crippen LogP) is 1.76. The summed E-state index contributed by atoms with van der Waals surface area (Å²) in [6, 6.07) is 4.37. The van der Waals surface area contributed by atoms with Gasteiger partial charge in [0.2, 0.25) is 11.7 Å². The number of carbonyl (C=O) groups is 2. The first-order valence-corrected chi connectivity index (χ1v) is 6.71. The number of amides is 2. The molecule has 0 saturated carbocycles. The summed E-state index contributed by atoms with van der Waals surface area (Å²) in [5.74, 6) is -0.471. The number of rotatable bonds is 5. The summed E-state index contributed by atoms with van der Waals surface area (Å²) in [6.07, 6.45) is 1.60. The van der Waals surface area contributed by atoms with Gasteiger partial charge in [-0.3, -0.25) is 14.7 Å². The molecule has 21 heavy (non-hydrogen) atoms. The highest BCUT2D eigenvalue weighted by molar-refractivity contribution is 6.34. The first-order chi connectivity index (χ1) is 10.0. The Morgan fingerprint density at radius 1 is 1.43 bits per heavy atom. The van der Waals surface area contributed by atoms with Crippen LogP contribution in [0, 0.1) is 0 Å². The van der Waals surface area contributed by atoms with E-state index in [0.29, 0.717) is 12.2 Å². The van der Waals surface area contributed by atoms with Crippen molar-refractivity contribution in [2.45, 2.75) is 19.8 Å². The highest BCUT2D eigenvalue weighted by atomic mass is 35.5. The van der Waals surface area contributed by atoms with Crippen LogP contribution in [0.3, 0.4) is 0 Å². The van der Waals surface area contributed by atoms with Crippen molar-refractivity contribution >= 4 is 29.1 Å². The Hall–Kier alpha value is -2.41. The van der Waals surface area contributed by atoms with Crippen molar-refractivity contribution in [3.05, 3.63) is 40.4 Å². The molecule has 0 aliphatic heterocycles. The molecule has 1 aromatic carbocycles. The van der Waals surface area contributed by atoms with Gasteiger partial charge in [-0.2, -0.15) is 0 Å². The maximum absolute atomic E-state index is 12.0. The van der Waals surface area contributed by atoms with Crippen LogP contribution in [0.25, 0.3) is 0 Å². The SMILES string of the molecule is CCCc1nc(C(=O)Nc2cc(C(N)=O)ccc2Cl)n[nH]1. The Labute approximate surface area is 125 Å². The zero-order valence-corrected chi connectivity index (χ0v) is 12.1. The molecule has 4 N–H and O–H groups in total. The molecule has 7 nitrogen and oxygen atoms in total. The van der Waals surface area contributed by atoms with Crippen LogP contribution in [0.4, 0.5) is 5.69 Å². The Morgan fingerprint density at radius 2 is 2.19 bits per heavy atom. The molecule has 8 heteroatoms. The van der Waals surface area contributed by atoms with Crippen molar-refractivity contribution in [1.29, 1.82) is 0 Å². The summed E-state index contributed by atoms with van der Waals surface area (Å²) in [5, 5.41) is 9.37. The first kappa shape index (κ1) is 15.0. The van der Waals surface area contributed by atoms with Crippen LogP contribution >= 0.6 is 11.6 Å². The summed E-state index contributed by atoms with van der Waals surface area (Å²) in [5.41, 5.74) is 5.71. The van der Waals surface area contributed by atoms with Crippen molar-refractivity contribution in [3.8, 4) is 0 Å². The first-order valence-electron chi connectivity index (χ1n) is 6.33. The number of nitrogens with two attached hydrogens (primary N) is 1. The van der Waals surface area contributed by atoms with Gasteiger partial charge in [0.1, 0.15) is 5.82 Å². The zero-order valence-electron chi connectivity index (χ0n) is 11.3. The molecule has 0 spiro atoms. The third-order valence-corrected chi connectivity index (χ3v) is 3.05. The molecule has 0 bridgehead atoms. The van der Waals surface area contributed by atoms with Gasteiger partial charge in [-0.15, -0.1) is 5.10 Å². The number of nitrogens with zero attached hydrogens (tertiary/aromatic N) is 2. The lowest BCUT2D eigenvalue weighted by Crippen LogP contribution is -2.16. The van der Waals surface area contributed by atoms with E-state index in [1.807, 2.05) is 6.92 Å². The number of carbonyl (C=O) groups excluding carboxylic acids is 2. The van der Waals surface area contributed by atoms with Crippen LogP contribution in [0.2, 0.25) is 5.02 Å². The third kappa shape index (κ3) is 3.57. The van der Waals surface area contributed by atoms with E-state index in [9.17, 15) is 9.59 Å². The molecule has 0 aliphatic rings. The number of anilines is 1. The number of aromatic amines is 1. The van der Waals surface area contributed by atoms with Crippen molar-refractivity contribution in [3.63, 3.8) is 0 Å². The summed E-state index contributed by atoms with van der Waals surface area (Å²) in [4.78, 5) is 27.2. The van der Waals surface area contributed by atoms with Crippen molar-refractivity contribution < 1.29 is 9.59 Å². The summed E-state index contributed by atoms with van der Waals surface area (Å²) < 4.78 is 0. The predicted molar refractivity (Wildman–Crippen MR) is 78.3 cm³/mol. The van der Waals surface area contributed by atoms with Gasteiger partial charge in [0.15, 0.2) is 0 Å². The number of aryl methyl sites for hydroxylation is 1. The fourth-order valence-electron chi connectivity index (χ4n) is 1.70.